The Bertz CT molecular complexity index is 437. The van der Waals surface area contributed by atoms with E-state index in [0.29, 0.717) is 18.7 Å². The van der Waals surface area contributed by atoms with Crippen molar-refractivity contribution in [1.29, 1.82) is 0 Å². The van der Waals surface area contributed by atoms with Crippen LogP contribution in [0.25, 0.3) is 0 Å². The normalized spacial score (nSPS) is 20.4. The van der Waals surface area contributed by atoms with Crippen LogP contribution in [0.3, 0.4) is 0 Å². The van der Waals surface area contributed by atoms with Crippen LogP contribution in [0, 0.1) is 0 Å². The minimum Gasteiger partial charge on any atom is -0.507 e. The Hall–Kier alpha value is -1.07. The van der Waals surface area contributed by atoms with Gasteiger partial charge in [0.2, 0.25) is 0 Å². The fourth-order valence-corrected chi connectivity index (χ4v) is 2.40. The number of benzene rings is 1. The molecule has 1 amide bonds. The average molecular weight is 299 g/mol. The molecule has 0 bridgehead atoms. The lowest BCUT2D eigenvalue weighted by Crippen LogP contribution is -2.45. The first-order chi connectivity index (χ1) is 8.08. The molecule has 1 heterocycles. The second kappa shape index (κ2) is 5.06. The number of hydrogen-bond donors (Lipinski definition) is 2. The van der Waals surface area contributed by atoms with Gasteiger partial charge in [0, 0.05) is 23.6 Å². The highest BCUT2D eigenvalue weighted by Crippen LogP contribution is 2.24. The summed E-state index contributed by atoms with van der Waals surface area (Å²) in [6.45, 7) is 1.27. The first kappa shape index (κ1) is 12.4. The van der Waals surface area contributed by atoms with Crippen molar-refractivity contribution in [3.63, 3.8) is 0 Å². The van der Waals surface area contributed by atoms with Gasteiger partial charge in [0.1, 0.15) is 5.75 Å². The van der Waals surface area contributed by atoms with Crippen LogP contribution in [0.1, 0.15) is 23.2 Å². The van der Waals surface area contributed by atoms with Crippen LogP contribution < -0.4 is 5.73 Å². The van der Waals surface area contributed by atoms with Crippen molar-refractivity contribution in [1.82, 2.24) is 4.90 Å². The van der Waals surface area contributed by atoms with E-state index < -0.39 is 0 Å². The summed E-state index contributed by atoms with van der Waals surface area (Å²) in [5, 5.41) is 9.75. The number of phenols is 1. The van der Waals surface area contributed by atoms with Gasteiger partial charge in [0.15, 0.2) is 0 Å². The van der Waals surface area contributed by atoms with Gasteiger partial charge in [-0.25, -0.2) is 0 Å². The number of nitrogens with zero attached hydrogens (tertiary/aromatic N) is 1. The highest BCUT2D eigenvalue weighted by atomic mass is 79.9. The van der Waals surface area contributed by atoms with Gasteiger partial charge in [-0.1, -0.05) is 15.9 Å². The molecule has 1 aromatic rings. The summed E-state index contributed by atoms with van der Waals surface area (Å²) in [5.74, 6) is -0.145. The number of piperidine rings is 1. The molecule has 1 saturated heterocycles. The molecule has 0 aliphatic carbocycles. The molecule has 5 heteroatoms. The van der Waals surface area contributed by atoms with E-state index >= 15 is 0 Å². The summed E-state index contributed by atoms with van der Waals surface area (Å²) in [4.78, 5) is 13.9. The fourth-order valence-electron chi connectivity index (χ4n) is 2.05. The summed E-state index contributed by atoms with van der Waals surface area (Å²) < 4.78 is 0.752. The van der Waals surface area contributed by atoms with Gasteiger partial charge in [-0.05, 0) is 31.0 Å². The molecule has 4 nitrogen and oxygen atoms in total. The molecule has 3 N–H and O–H groups in total. The lowest BCUT2D eigenvalue weighted by Gasteiger charge is -2.31. The van der Waals surface area contributed by atoms with Crippen LogP contribution in [0.4, 0.5) is 0 Å². The van der Waals surface area contributed by atoms with Crippen LogP contribution >= 0.6 is 15.9 Å². The zero-order valence-electron chi connectivity index (χ0n) is 9.40. The summed E-state index contributed by atoms with van der Waals surface area (Å²) in [6.07, 6.45) is 1.88. The van der Waals surface area contributed by atoms with Crippen LogP contribution in [0.15, 0.2) is 22.7 Å². The average Bonchev–Trinajstić information content (AvgIpc) is 2.28. The van der Waals surface area contributed by atoms with Gasteiger partial charge >= 0.3 is 0 Å². The predicted octanol–water partition coefficient (Wildman–Crippen LogP) is 1.72. The Labute approximate surface area is 109 Å². The maximum absolute atomic E-state index is 12.2. The molecule has 1 aromatic carbocycles. The minimum absolute atomic E-state index is 0.00326. The van der Waals surface area contributed by atoms with Gasteiger partial charge in [0.25, 0.3) is 5.91 Å². The standard InChI is InChI=1S/C12H15BrN2O2/c13-8-3-4-10(11(16)6-8)12(17)15-5-1-2-9(14)7-15/h3-4,6,9,16H,1-2,5,7,14H2. The lowest BCUT2D eigenvalue weighted by molar-refractivity contribution is 0.0706. The molecule has 0 spiro atoms. The Morgan fingerprint density at radius 2 is 2.29 bits per heavy atom. The number of amides is 1. The van der Waals surface area contributed by atoms with Crippen molar-refractivity contribution >= 4 is 21.8 Å². The monoisotopic (exact) mass is 298 g/mol. The number of carbonyl (C=O) groups is 1. The number of nitrogens with two attached hydrogens (primary N) is 1. The second-order valence-electron chi connectivity index (χ2n) is 4.31. The predicted molar refractivity (Wildman–Crippen MR) is 68.9 cm³/mol. The summed E-state index contributed by atoms with van der Waals surface area (Å²) in [5.41, 5.74) is 6.17. The summed E-state index contributed by atoms with van der Waals surface area (Å²) in [7, 11) is 0. The van der Waals surface area contributed by atoms with Crippen molar-refractivity contribution in [3.8, 4) is 5.75 Å². The van der Waals surface area contributed by atoms with E-state index in [-0.39, 0.29) is 17.7 Å². The fraction of sp³-hybridized carbons (Fsp3) is 0.417. The topological polar surface area (TPSA) is 66.6 Å². The van der Waals surface area contributed by atoms with Crippen molar-refractivity contribution in [2.24, 2.45) is 5.73 Å². The number of hydrogen-bond acceptors (Lipinski definition) is 3. The van der Waals surface area contributed by atoms with Crippen LogP contribution in [-0.2, 0) is 0 Å². The van der Waals surface area contributed by atoms with Gasteiger partial charge in [-0.3, -0.25) is 4.79 Å². The minimum atomic E-state index is -0.148. The van der Waals surface area contributed by atoms with E-state index in [9.17, 15) is 9.90 Å². The number of carbonyl (C=O) groups excluding carboxylic acids is 1. The highest BCUT2D eigenvalue weighted by molar-refractivity contribution is 9.10. The van der Waals surface area contributed by atoms with Crippen molar-refractivity contribution in [2.45, 2.75) is 18.9 Å². The van der Waals surface area contributed by atoms with Crippen molar-refractivity contribution < 1.29 is 9.90 Å². The molecule has 1 aliphatic heterocycles. The van der Waals surface area contributed by atoms with Crippen molar-refractivity contribution in [3.05, 3.63) is 28.2 Å². The molecule has 92 valence electrons. The molecule has 17 heavy (non-hydrogen) atoms. The third-order valence-corrected chi connectivity index (χ3v) is 3.43. The van der Waals surface area contributed by atoms with E-state index in [2.05, 4.69) is 15.9 Å². The third kappa shape index (κ3) is 2.79. The molecule has 2 rings (SSSR count). The summed E-state index contributed by atoms with van der Waals surface area (Å²) >= 11 is 3.25. The first-order valence-electron chi connectivity index (χ1n) is 5.61. The van der Waals surface area contributed by atoms with Crippen LogP contribution in [0.2, 0.25) is 0 Å². The first-order valence-corrected chi connectivity index (χ1v) is 6.40. The number of rotatable bonds is 1. The third-order valence-electron chi connectivity index (χ3n) is 2.94. The molecule has 0 saturated carbocycles. The van der Waals surface area contributed by atoms with Gasteiger partial charge in [0.05, 0.1) is 5.56 Å². The number of likely N-dealkylation sites (tertiary alicyclic amines) is 1. The maximum Gasteiger partial charge on any atom is 0.257 e. The Kier molecular flexibility index (Phi) is 3.69. The van der Waals surface area contributed by atoms with Gasteiger partial charge < -0.3 is 15.7 Å². The van der Waals surface area contributed by atoms with Gasteiger partial charge in [-0.15, -0.1) is 0 Å². The van der Waals surface area contributed by atoms with Crippen LogP contribution in [0.5, 0.6) is 5.75 Å². The highest BCUT2D eigenvalue weighted by Gasteiger charge is 2.23. The zero-order valence-corrected chi connectivity index (χ0v) is 11.0. The second-order valence-corrected chi connectivity index (χ2v) is 5.23. The van der Waals surface area contributed by atoms with E-state index in [1.807, 2.05) is 0 Å². The lowest BCUT2D eigenvalue weighted by atomic mass is 10.1. The van der Waals surface area contributed by atoms with Crippen molar-refractivity contribution in [2.75, 3.05) is 13.1 Å². The molecule has 0 aromatic heterocycles. The van der Waals surface area contributed by atoms with E-state index in [1.165, 1.54) is 6.07 Å². The summed E-state index contributed by atoms with van der Waals surface area (Å²) in [6, 6.07) is 4.95. The molecule has 0 radical (unpaired) electrons. The van der Waals surface area contributed by atoms with E-state index in [4.69, 9.17) is 5.73 Å². The molecular formula is C12H15BrN2O2. The van der Waals surface area contributed by atoms with E-state index in [0.717, 1.165) is 17.3 Å². The largest absolute Gasteiger partial charge is 0.507 e. The Balaban J connectivity index is 2.18. The molecular weight excluding hydrogens is 284 g/mol. The quantitative estimate of drug-likeness (QED) is 0.829. The van der Waals surface area contributed by atoms with E-state index in [1.54, 1.807) is 17.0 Å². The SMILES string of the molecule is NC1CCCN(C(=O)c2ccc(Br)cc2O)C1. The maximum atomic E-state index is 12.2. The zero-order chi connectivity index (χ0) is 12.4. The molecule has 1 unspecified atom stereocenters. The Morgan fingerprint density at radius 3 is 2.94 bits per heavy atom. The van der Waals surface area contributed by atoms with Crippen LogP contribution in [-0.4, -0.2) is 35.0 Å². The number of phenolic OH excluding ortho intramolecular Hbond substituents is 1. The van der Waals surface area contributed by atoms with Gasteiger partial charge in [-0.2, -0.15) is 0 Å². The Morgan fingerprint density at radius 1 is 1.53 bits per heavy atom. The molecule has 1 atom stereocenters. The molecule has 1 aliphatic rings. The molecule has 1 fully saturated rings. The number of halogens is 1. The number of aromatic hydroxyl groups is 1. The smallest absolute Gasteiger partial charge is 0.257 e.